The minimum absolute atomic E-state index is 0.0439. The molecule has 2 aromatic rings. The van der Waals surface area contributed by atoms with Gasteiger partial charge in [-0.25, -0.2) is 8.42 Å². The van der Waals surface area contributed by atoms with Crippen LogP contribution in [0.15, 0.2) is 42.5 Å². The molecular formula is C18H23NO3S. The lowest BCUT2D eigenvalue weighted by atomic mass is 10.0. The minimum atomic E-state index is -3.22. The van der Waals surface area contributed by atoms with Crippen LogP contribution in [-0.2, 0) is 21.1 Å². The summed E-state index contributed by atoms with van der Waals surface area (Å²) in [4.78, 5) is 12.1. The van der Waals surface area contributed by atoms with Crippen LogP contribution in [-0.4, -0.2) is 31.4 Å². The molecule has 1 amide bonds. The Morgan fingerprint density at radius 1 is 1.04 bits per heavy atom. The third-order valence-corrected chi connectivity index (χ3v) is 6.46. The van der Waals surface area contributed by atoms with Gasteiger partial charge >= 0.3 is 0 Å². The summed E-state index contributed by atoms with van der Waals surface area (Å²) >= 11 is 0. The highest BCUT2D eigenvalue weighted by molar-refractivity contribution is 7.92. The monoisotopic (exact) mass is 333 g/mol. The summed E-state index contributed by atoms with van der Waals surface area (Å²) in [6, 6.07) is 13.8. The summed E-state index contributed by atoms with van der Waals surface area (Å²) in [5.74, 6) is -0.205. The molecule has 0 unspecified atom stereocenters. The zero-order chi connectivity index (χ0) is 17.1. The normalized spacial score (nSPS) is 12.3. The van der Waals surface area contributed by atoms with Gasteiger partial charge in [-0.05, 0) is 37.1 Å². The number of benzene rings is 2. The second-order valence-electron chi connectivity index (χ2n) is 6.60. The van der Waals surface area contributed by atoms with Crippen molar-refractivity contribution in [3.8, 4) is 0 Å². The van der Waals surface area contributed by atoms with E-state index in [4.69, 9.17) is 0 Å². The number of hydrogen-bond acceptors (Lipinski definition) is 3. The fourth-order valence-corrected chi connectivity index (χ4v) is 3.30. The molecule has 0 spiro atoms. The molecule has 1 N–H and O–H groups in total. The number of hydrogen-bond donors (Lipinski definition) is 1. The van der Waals surface area contributed by atoms with Gasteiger partial charge in [-0.2, -0.15) is 0 Å². The van der Waals surface area contributed by atoms with Gasteiger partial charge in [0.05, 0.1) is 16.9 Å². The first-order chi connectivity index (χ1) is 10.7. The Labute approximate surface area is 137 Å². The van der Waals surface area contributed by atoms with Gasteiger partial charge in [-0.15, -0.1) is 0 Å². The zero-order valence-corrected chi connectivity index (χ0v) is 14.6. The Hall–Kier alpha value is -1.88. The first kappa shape index (κ1) is 17.5. The molecule has 0 bridgehead atoms. The van der Waals surface area contributed by atoms with E-state index < -0.39 is 14.6 Å². The molecule has 0 radical (unpaired) electrons. The van der Waals surface area contributed by atoms with E-state index in [0.29, 0.717) is 0 Å². The van der Waals surface area contributed by atoms with Crippen molar-refractivity contribution in [2.75, 3.05) is 12.3 Å². The van der Waals surface area contributed by atoms with E-state index >= 15 is 0 Å². The number of amides is 1. The number of fused-ring (bicyclic) bond motifs is 1. The molecule has 124 valence electrons. The highest BCUT2D eigenvalue weighted by Gasteiger charge is 2.28. The maximum atomic E-state index is 12.1. The Morgan fingerprint density at radius 2 is 1.70 bits per heavy atom. The van der Waals surface area contributed by atoms with Crippen LogP contribution in [0.25, 0.3) is 10.8 Å². The smallest absolute Gasteiger partial charge is 0.224 e. The molecule has 0 fully saturated rings. The summed E-state index contributed by atoms with van der Waals surface area (Å²) < 4.78 is 23.2. The van der Waals surface area contributed by atoms with Crippen molar-refractivity contribution in [1.29, 1.82) is 0 Å². The standard InChI is InChI=1S/C18H23NO3S/c1-18(2,3)23(21,22)12-11-19-17(20)13-15-9-6-8-14-7-4-5-10-16(14)15/h4-10H,11-13H2,1-3H3,(H,19,20). The van der Waals surface area contributed by atoms with E-state index in [1.807, 2.05) is 42.5 Å². The second-order valence-corrected chi connectivity index (χ2v) is 9.46. The quantitative estimate of drug-likeness (QED) is 0.915. The van der Waals surface area contributed by atoms with E-state index in [0.717, 1.165) is 16.3 Å². The SMILES string of the molecule is CC(C)(C)S(=O)(=O)CCNC(=O)Cc1cccc2ccccc12. The van der Waals surface area contributed by atoms with Crippen LogP contribution in [0.3, 0.4) is 0 Å². The zero-order valence-electron chi connectivity index (χ0n) is 13.8. The van der Waals surface area contributed by atoms with Crippen LogP contribution in [0.5, 0.6) is 0 Å². The molecule has 2 aromatic carbocycles. The molecule has 0 saturated carbocycles. The fourth-order valence-electron chi connectivity index (χ4n) is 2.31. The lowest BCUT2D eigenvalue weighted by molar-refractivity contribution is -0.120. The van der Waals surface area contributed by atoms with E-state index in [2.05, 4.69) is 5.32 Å². The summed E-state index contributed by atoms with van der Waals surface area (Å²) in [5, 5.41) is 4.85. The topological polar surface area (TPSA) is 63.2 Å². The number of carbonyl (C=O) groups is 1. The van der Waals surface area contributed by atoms with Crippen molar-refractivity contribution >= 4 is 26.5 Å². The third kappa shape index (κ3) is 4.32. The van der Waals surface area contributed by atoms with Gasteiger partial charge in [0.2, 0.25) is 5.91 Å². The van der Waals surface area contributed by atoms with Crippen molar-refractivity contribution in [3.05, 3.63) is 48.0 Å². The molecule has 0 aliphatic carbocycles. The van der Waals surface area contributed by atoms with E-state index in [1.54, 1.807) is 20.8 Å². The lowest BCUT2D eigenvalue weighted by Gasteiger charge is -2.19. The van der Waals surface area contributed by atoms with Crippen molar-refractivity contribution < 1.29 is 13.2 Å². The van der Waals surface area contributed by atoms with E-state index in [9.17, 15) is 13.2 Å². The van der Waals surface area contributed by atoms with Gasteiger partial charge in [0.15, 0.2) is 9.84 Å². The molecule has 5 heteroatoms. The van der Waals surface area contributed by atoms with Crippen LogP contribution in [0.1, 0.15) is 26.3 Å². The van der Waals surface area contributed by atoms with Crippen LogP contribution in [0.2, 0.25) is 0 Å². The number of carbonyl (C=O) groups excluding carboxylic acids is 1. The van der Waals surface area contributed by atoms with Crippen molar-refractivity contribution in [3.63, 3.8) is 0 Å². The number of rotatable bonds is 5. The van der Waals surface area contributed by atoms with E-state index in [-0.39, 0.29) is 24.6 Å². The molecular weight excluding hydrogens is 310 g/mol. The van der Waals surface area contributed by atoms with Gasteiger partial charge in [0.25, 0.3) is 0 Å². The number of nitrogens with one attached hydrogen (secondary N) is 1. The summed E-state index contributed by atoms with van der Waals surface area (Å²) in [7, 11) is -3.22. The highest BCUT2D eigenvalue weighted by Crippen LogP contribution is 2.19. The largest absolute Gasteiger partial charge is 0.355 e. The minimum Gasteiger partial charge on any atom is -0.355 e. The molecule has 2 rings (SSSR count). The van der Waals surface area contributed by atoms with Crippen LogP contribution >= 0.6 is 0 Å². The molecule has 23 heavy (non-hydrogen) atoms. The maximum Gasteiger partial charge on any atom is 0.224 e. The van der Waals surface area contributed by atoms with Crippen LogP contribution in [0.4, 0.5) is 0 Å². The average molecular weight is 333 g/mol. The van der Waals surface area contributed by atoms with Gasteiger partial charge in [0.1, 0.15) is 0 Å². The van der Waals surface area contributed by atoms with Crippen LogP contribution < -0.4 is 5.32 Å². The Morgan fingerprint density at radius 3 is 2.39 bits per heavy atom. The third-order valence-electron chi connectivity index (χ3n) is 3.86. The molecule has 0 aliphatic heterocycles. The lowest BCUT2D eigenvalue weighted by Crippen LogP contribution is -2.36. The van der Waals surface area contributed by atoms with Gasteiger partial charge < -0.3 is 5.32 Å². The predicted octanol–water partition coefficient (Wildman–Crippen LogP) is 2.71. The Bertz CT molecular complexity index is 799. The Kier molecular flexibility index (Phi) is 5.09. The van der Waals surface area contributed by atoms with Gasteiger partial charge in [-0.1, -0.05) is 42.5 Å². The van der Waals surface area contributed by atoms with Crippen molar-refractivity contribution in [1.82, 2.24) is 5.32 Å². The van der Waals surface area contributed by atoms with Crippen molar-refractivity contribution in [2.24, 2.45) is 0 Å². The summed E-state index contributed by atoms with van der Waals surface area (Å²) in [6.07, 6.45) is 0.247. The maximum absolute atomic E-state index is 12.1. The fraction of sp³-hybridized carbons (Fsp3) is 0.389. The molecule has 0 heterocycles. The van der Waals surface area contributed by atoms with Gasteiger partial charge in [0, 0.05) is 6.54 Å². The molecule has 0 aromatic heterocycles. The average Bonchev–Trinajstić information content (AvgIpc) is 2.46. The Balaban J connectivity index is 1.98. The molecule has 0 aliphatic rings. The highest BCUT2D eigenvalue weighted by atomic mass is 32.2. The first-order valence-corrected chi connectivity index (χ1v) is 9.31. The van der Waals surface area contributed by atoms with Crippen LogP contribution in [0, 0.1) is 0 Å². The summed E-state index contributed by atoms with van der Waals surface area (Å²) in [6.45, 7) is 5.14. The first-order valence-electron chi connectivity index (χ1n) is 7.66. The second kappa shape index (κ2) is 6.71. The molecule has 0 saturated heterocycles. The van der Waals surface area contributed by atoms with E-state index in [1.165, 1.54) is 0 Å². The molecule has 4 nitrogen and oxygen atoms in total. The predicted molar refractivity (Wildman–Crippen MR) is 94.2 cm³/mol. The van der Waals surface area contributed by atoms with Crippen molar-refractivity contribution in [2.45, 2.75) is 31.9 Å². The summed E-state index contributed by atoms with van der Waals surface area (Å²) in [5.41, 5.74) is 0.944. The number of sulfone groups is 1. The molecule has 0 atom stereocenters. The van der Waals surface area contributed by atoms with Gasteiger partial charge in [-0.3, -0.25) is 4.79 Å².